The van der Waals surface area contributed by atoms with Crippen molar-refractivity contribution in [2.75, 3.05) is 13.1 Å². The lowest BCUT2D eigenvalue weighted by Gasteiger charge is -2.29. The highest BCUT2D eigenvalue weighted by atomic mass is 32.1. The van der Waals surface area contributed by atoms with Gasteiger partial charge in [0.05, 0.1) is 6.10 Å². The largest absolute Gasteiger partial charge is 0.393 e. The van der Waals surface area contributed by atoms with E-state index in [-0.39, 0.29) is 17.8 Å². The maximum Gasteiger partial charge on any atom is 0.271 e. The molecule has 0 radical (unpaired) electrons. The van der Waals surface area contributed by atoms with E-state index in [1.165, 1.54) is 23.0 Å². The summed E-state index contributed by atoms with van der Waals surface area (Å²) in [6, 6.07) is 14.6. The molecule has 7 heteroatoms. The summed E-state index contributed by atoms with van der Waals surface area (Å²) in [5.74, 6) is -0.621. The summed E-state index contributed by atoms with van der Waals surface area (Å²) in [6.07, 6.45) is 1.51. The Morgan fingerprint density at radius 1 is 1.13 bits per heavy atom. The van der Waals surface area contributed by atoms with Gasteiger partial charge in [0, 0.05) is 37.1 Å². The van der Waals surface area contributed by atoms with Gasteiger partial charge in [-0.05, 0) is 36.1 Å². The third kappa shape index (κ3) is 5.11. The van der Waals surface area contributed by atoms with Gasteiger partial charge in [0.25, 0.3) is 5.91 Å². The molecule has 1 aromatic heterocycles. The number of benzene rings is 2. The average Bonchev–Trinajstić information content (AvgIpc) is 3.25. The van der Waals surface area contributed by atoms with E-state index in [1.54, 1.807) is 23.6 Å². The van der Waals surface area contributed by atoms with Gasteiger partial charge in [0.1, 0.15) is 16.5 Å². The van der Waals surface area contributed by atoms with Crippen molar-refractivity contribution in [3.8, 4) is 10.6 Å². The first-order chi connectivity index (χ1) is 14.6. The highest BCUT2D eigenvalue weighted by Crippen LogP contribution is 2.26. The van der Waals surface area contributed by atoms with E-state index in [1.807, 2.05) is 12.1 Å². The number of hydrogen-bond acceptors (Lipinski definition) is 5. The molecule has 156 valence electrons. The summed E-state index contributed by atoms with van der Waals surface area (Å²) in [6.45, 7) is 3.11. The molecule has 0 atom stereocenters. The predicted molar refractivity (Wildman–Crippen MR) is 116 cm³/mol. The zero-order valence-electron chi connectivity index (χ0n) is 16.6. The molecule has 5 nitrogen and oxygen atoms in total. The third-order valence-electron chi connectivity index (χ3n) is 5.28. The van der Waals surface area contributed by atoms with Gasteiger partial charge < -0.3 is 10.4 Å². The highest BCUT2D eigenvalue weighted by molar-refractivity contribution is 7.13. The van der Waals surface area contributed by atoms with Crippen molar-refractivity contribution in [1.82, 2.24) is 15.2 Å². The molecule has 1 fully saturated rings. The standard InChI is InChI=1S/C23H24FN3O2S/c24-20-4-2-1-3-19(20)23-26-21(15-30-23)22(29)25-13-16-5-7-17(8-6-16)14-27-11-9-18(28)10-12-27/h1-8,15,18,28H,9-14H2,(H,25,29). The van der Waals surface area contributed by atoms with E-state index in [0.717, 1.165) is 38.0 Å². The average molecular weight is 426 g/mol. The quantitative estimate of drug-likeness (QED) is 0.630. The van der Waals surface area contributed by atoms with Crippen LogP contribution in [0.1, 0.15) is 34.5 Å². The minimum atomic E-state index is -0.348. The first-order valence-corrected chi connectivity index (χ1v) is 10.9. The van der Waals surface area contributed by atoms with Crippen LogP contribution in [0.5, 0.6) is 0 Å². The number of nitrogens with zero attached hydrogens (tertiary/aromatic N) is 2. The molecule has 1 saturated heterocycles. The van der Waals surface area contributed by atoms with Crippen LogP contribution in [0.3, 0.4) is 0 Å². The molecule has 4 rings (SSSR count). The Morgan fingerprint density at radius 3 is 2.57 bits per heavy atom. The molecule has 2 heterocycles. The van der Waals surface area contributed by atoms with Gasteiger partial charge in [-0.25, -0.2) is 9.37 Å². The van der Waals surface area contributed by atoms with Crippen LogP contribution in [0.15, 0.2) is 53.9 Å². The number of likely N-dealkylation sites (tertiary alicyclic amines) is 1. The highest BCUT2D eigenvalue weighted by Gasteiger charge is 2.17. The van der Waals surface area contributed by atoms with Crippen LogP contribution in [0.4, 0.5) is 4.39 Å². The number of aliphatic hydroxyl groups excluding tert-OH is 1. The van der Waals surface area contributed by atoms with Crippen LogP contribution in [0.25, 0.3) is 10.6 Å². The normalized spacial score (nSPS) is 15.3. The second-order valence-electron chi connectivity index (χ2n) is 7.52. The Morgan fingerprint density at radius 2 is 1.83 bits per heavy atom. The topological polar surface area (TPSA) is 65.5 Å². The fourth-order valence-corrected chi connectivity index (χ4v) is 4.33. The maximum atomic E-state index is 13.9. The second-order valence-corrected chi connectivity index (χ2v) is 8.38. The summed E-state index contributed by atoms with van der Waals surface area (Å²) < 4.78 is 13.9. The summed E-state index contributed by atoms with van der Waals surface area (Å²) in [5.41, 5.74) is 2.92. The van der Waals surface area contributed by atoms with Crippen LogP contribution >= 0.6 is 11.3 Å². The third-order valence-corrected chi connectivity index (χ3v) is 6.16. The Kier molecular flexibility index (Phi) is 6.52. The summed E-state index contributed by atoms with van der Waals surface area (Å²) >= 11 is 1.25. The number of rotatable bonds is 6. The molecule has 2 aromatic carbocycles. The molecule has 0 unspecified atom stereocenters. The second kappa shape index (κ2) is 9.47. The first-order valence-electron chi connectivity index (χ1n) is 10.1. The molecular weight excluding hydrogens is 401 g/mol. The SMILES string of the molecule is O=C(NCc1ccc(CN2CCC(O)CC2)cc1)c1csc(-c2ccccc2F)n1. The number of carbonyl (C=O) groups is 1. The van der Waals surface area contributed by atoms with Crippen molar-refractivity contribution < 1.29 is 14.3 Å². The van der Waals surface area contributed by atoms with Crippen LogP contribution in [-0.2, 0) is 13.1 Å². The number of halogens is 1. The fourth-order valence-electron chi connectivity index (χ4n) is 3.51. The number of thiazole rings is 1. The maximum absolute atomic E-state index is 13.9. The van der Waals surface area contributed by atoms with E-state index in [0.29, 0.717) is 22.8 Å². The minimum Gasteiger partial charge on any atom is -0.393 e. The fraction of sp³-hybridized carbons (Fsp3) is 0.304. The lowest BCUT2D eigenvalue weighted by atomic mass is 10.1. The van der Waals surface area contributed by atoms with Gasteiger partial charge in [-0.3, -0.25) is 9.69 Å². The molecule has 1 aliphatic heterocycles. The number of amides is 1. The summed E-state index contributed by atoms with van der Waals surface area (Å²) in [4.78, 5) is 19.0. The molecule has 0 saturated carbocycles. The summed E-state index contributed by atoms with van der Waals surface area (Å²) in [5, 5.41) is 14.6. The van der Waals surface area contributed by atoms with E-state index in [9.17, 15) is 14.3 Å². The first kappa shape index (κ1) is 20.7. The summed E-state index contributed by atoms with van der Waals surface area (Å²) in [7, 11) is 0. The molecule has 0 bridgehead atoms. The Bertz CT molecular complexity index is 998. The minimum absolute atomic E-state index is 0.159. The van der Waals surface area contributed by atoms with E-state index < -0.39 is 0 Å². The molecule has 30 heavy (non-hydrogen) atoms. The smallest absolute Gasteiger partial charge is 0.271 e. The van der Waals surface area contributed by atoms with Crippen molar-refractivity contribution in [3.63, 3.8) is 0 Å². The van der Waals surface area contributed by atoms with Gasteiger partial charge in [-0.1, -0.05) is 36.4 Å². The zero-order valence-corrected chi connectivity index (χ0v) is 17.4. The van der Waals surface area contributed by atoms with Gasteiger partial charge >= 0.3 is 0 Å². The van der Waals surface area contributed by atoms with Gasteiger partial charge in [0.2, 0.25) is 0 Å². The van der Waals surface area contributed by atoms with Gasteiger partial charge in [-0.2, -0.15) is 0 Å². The van der Waals surface area contributed by atoms with Gasteiger partial charge in [-0.15, -0.1) is 11.3 Å². The molecular formula is C23H24FN3O2S. The number of aromatic nitrogens is 1. The van der Waals surface area contributed by atoms with Crippen LogP contribution in [0, 0.1) is 5.82 Å². The van der Waals surface area contributed by atoms with E-state index >= 15 is 0 Å². The molecule has 1 amide bonds. The molecule has 2 N–H and O–H groups in total. The van der Waals surface area contributed by atoms with Crippen molar-refractivity contribution in [3.05, 3.63) is 76.5 Å². The number of piperidine rings is 1. The Labute approximate surface area is 179 Å². The van der Waals surface area contributed by atoms with E-state index in [4.69, 9.17) is 0 Å². The molecule has 0 aliphatic carbocycles. The lowest BCUT2D eigenvalue weighted by molar-refractivity contribution is 0.0792. The lowest BCUT2D eigenvalue weighted by Crippen LogP contribution is -2.35. The van der Waals surface area contributed by atoms with Crippen molar-refractivity contribution in [2.45, 2.75) is 32.0 Å². The van der Waals surface area contributed by atoms with E-state index in [2.05, 4.69) is 27.3 Å². The molecule has 3 aromatic rings. The van der Waals surface area contributed by atoms with Crippen molar-refractivity contribution in [2.24, 2.45) is 0 Å². The van der Waals surface area contributed by atoms with Crippen molar-refractivity contribution in [1.29, 1.82) is 0 Å². The molecule has 0 spiro atoms. The van der Waals surface area contributed by atoms with Crippen molar-refractivity contribution >= 4 is 17.2 Å². The van der Waals surface area contributed by atoms with Crippen LogP contribution < -0.4 is 5.32 Å². The van der Waals surface area contributed by atoms with Crippen LogP contribution in [-0.4, -0.2) is 40.1 Å². The zero-order chi connectivity index (χ0) is 20.9. The predicted octanol–water partition coefficient (Wildman–Crippen LogP) is 3.84. The number of aliphatic hydroxyl groups is 1. The van der Waals surface area contributed by atoms with Gasteiger partial charge in [0.15, 0.2) is 0 Å². The van der Waals surface area contributed by atoms with Crippen LogP contribution in [0.2, 0.25) is 0 Å². The number of hydrogen-bond donors (Lipinski definition) is 2. The molecule has 1 aliphatic rings. The monoisotopic (exact) mass is 425 g/mol. The number of nitrogens with one attached hydrogen (secondary N) is 1. The number of carbonyl (C=O) groups excluding carboxylic acids is 1. The Balaban J connectivity index is 1.30. The Hall–Kier alpha value is -2.61.